The largest absolute Gasteiger partial charge is 0.465 e. The zero-order valence-electron chi connectivity index (χ0n) is 9.78. The first-order valence-electron chi connectivity index (χ1n) is 5.11. The zero-order valence-corrected chi connectivity index (χ0v) is 9.78. The Morgan fingerprint density at radius 2 is 2.31 bits per heavy atom. The molecular formula is C11H17N3O2. The molecular weight excluding hydrogens is 206 g/mol. The van der Waals surface area contributed by atoms with E-state index in [9.17, 15) is 4.79 Å². The van der Waals surface area contributed by atoms with Gasteiger partial charge in [-0.15, -0.1) is 0 Å². The van der Waals surface area contributed by atoms with Crippen LogP contribution < -0.4 is 11.1 Å². The van der Waals surface area contributed by atoms with Crippen molar-refractivity contribution in [3.8, 4) is 0 Å². The average Bonchev–Trinajstić information content (AvgIpc) is 2.28. The second-order valence-corrected chi connectivity index (χ2v) is 3.60. The summed E-state index contributed by atoms with van der Waals surface area (Å²) in [6.45, 7) is 4.26. The molecule has 0 aromatic carbocycles. The normalized spacial score (nSPS) is 12.0. The number of carbonyl (C=O) groups is 1. The topological polar surface area (TPSA) is 77.2 Å². The van der Waals surface area contributed by atoms with Crippen LogP contribution in [0.15, 0.2) is 12.1 Å². The quantitative estimate of drug-likeness (QED) is 0.743. The molecule has 0 saturated carbocycles. The van der Waals surface area contributed by atoms with Crippen molar-refractivity contribution >= 4 is 11.8 Å². The third-order valence-corrected chi connectivity index (χ3v) is 2.24. The minimum atomic E-state index is -0.372. The second-order valence-electron chi connectivity index (χ2n) is 3.60. The van der Waals surface area contributed by atoms with Gasteiger partial charge in [0.2, 0.25) is 0 Å². The minimum Gasteiger partial charge on any atom is -0.465 e. The Hall–Kier alpha value is -1.62. The molecule has 5 heteroatoms. The molecule has 0 aliphatic heterocycles. The fourth-order valence-corrected chi connectivity index (χ4v) is 1.28. The number of nitrogens with one attached hydrogen (secondary N) is 1. The van der Waals surface area contributed by atoms with E-state index in [4.69, 9.17) is 5.73 Å². The fourth-order valence-electron chi connectivity index (χ4n) is 1.28. The van der Waals surface area contributed by atoms with Gasteiger partial charge in [0.05, 0.1) is 18.4 Å². The SMILES string of the molecule is COC(=O)c1ccc(NC(C)CN)nc1C. The lowest BCUT2D eigenvalue weighted by molar-refractivity contribution is 0.0599. The van der Waals surface area contributed by atoms with Gasteiger partial charge in [0.25, 0.3) is 0 Å². The lowest BCUT2D eigenvalue weighted by Crippen LogP contribution is -2.25. The summed E-state index contributed by atoms with van der Waals surface area (Å²) in [5, 5.41) is 3.13. The van der Waals surface area contributed by atoms with Gasteiger partial charge in [-0.3, -0.25) is 0 Å². The van der Waals surface area contributed by atoms with Crippen LogP contribution in [0, 0.1) is 6.92 Å². The molecule has 3 N–H and O–H groups in total. The number of hydrogen-bond acceptors (Lipinski definition) is 5. The number of esters is 1. The number of hydrogen-bond donors (Lipinski definition) is 2. The van der Waals surface area contributed by atoms with Crippen LogP contribution in [0.5, 0.6) is 0 Å². The van der Waals surface area contributed by atoms with E-state index in [1.807, 2.05) is 6.92 Å². The molecule has 5 nitrogen and oxygen atoms in total. The number of nitrogens with zero attached hydrogens (tertiary/aromatic N) is 1. The molecule has 0 bridgehead atoms. The predicted molar refractivity (Wildman–Crippen MR) is 62.5 cm³/mol. The third-order valence-electron chi connectivity index (χ3n) is 2.24. The van der Waals surface area contributed by atoms with Gasteiger partial charge in [-0.1, -0.05) is 0 Å². The number of methoxy groups -OCH3 is 1. The van der Waals surface area contributed by atoms with Gasteiger partial charge in [-0.05, 0) is 26.0 Å². The van der Waals surface area contributed by atoms with Gasteiger partial charge >= 0.3 is 5.97 Å². The average molecular weight is 223 g/mol. The standard InChI is InChI=1S/C11H17N3O2/c1-7(6-12)13-10-5-4-9(8(2)14-10)11(15)16-3/h4-5,7H,6,12H2,1-3H3,(H,13,14). The van der Waals surface area contributed by atoms with Gasteiger partial charge < -0.3 is 15.8 Å². The predicted octanol–water partition coefficient (Wildman–Crippen LogP) is 0.936. The van der Waals surface area contributed by atoms with Crippen molar-refractivity contribution in [3.05, 3.63) is 23.4 Å². The first-order chi connectivity index (χ1) is 7.58. The van der Waals surface area contributed by atoms with Crippen LogP contribution in [0.25, 0.3) is 0 Å². The molecule has 0 fully saturated rings. The summed E-state index contributed by atoms with van der Waals surface area (Å²) in [6, 6.07) is 3.58. The summed E-state index contributed by atoms with van der Waals surface area (Å²) in [6.07, 6.45) is 0. The lowest BCUT2D eigenvalue weighted by Gasteiger charge is -2.13. The van der Waals surface area contributed by atoms with E-state index in [1.54, 1.807) is 19.1 Å². The third kappa shape index (κ3) is 2.93. The summed E-state index contributed by atoms with van der Waals surface area (Å²) in [5.41, 5.74) is 6.61. The lowest BCUT2D eigenvalue weighted by atomic mass is 10.2. The summed E-state index contributed by atoms with van der Waals surface area (Å²) in [5.74, 6) is 0.339. The monoisotopic (exact) mass is 223 g/mol. The van der Waals surface area contributed by atoms with E-state index in [2.05, 4.69) is 15.0 Å². The number of anilines is 1. The van der Waals surface area contributed by atoms with Crippen LogP contribution in [-0.2, 0) is 4.74 Å². The number of pyridine rings is 1. The number of carbonyl (C=O) groups excluding carboxylic acids is 1. The van der Waals surface area contributed by atoms with E-state index in [-0.39, 0.29) is 12.0 Å². The van der Waals surface area contributed by atoms with Crippen molar-refractivity contribution in [1.29, 1.82) is 0 Å². The number of aryl methyl sites for hydroxylation is 1. The van der Waals surface area contributed by atoms with Crippen molar-refractivity contribution in [2.45, 2.75) is 19.9 Å². The Kier molecular flexibility index (Phi) is 4.25. The first-order valence-corrected chi connectivity index (χ1v) is 5.11. The Balaban J connectivity index is 2.86. The highest BCUT2D eigenvalue weighted by Gasteiger charge is 2.11. The molecule has 1 heterocycles. The molecule has 0 spiro atoms. The van der Waals surface area contributed by atoms with Crippen LogP contribution in [0.3, 0.4) is 0 Å². The Morgan fingerprint density at radius 3 is 2.81 bits per heavy atom. The summed E-state index contributed by atoms with van der Waals surface area (Å²) >= 11 is 0. The van der Waals surface area contributed by atoms with Gasteiger partial charge in [0.15, 0.2) is 0 Å². The van der Waals surface area contributed by atoms with Crippen LogP contribution in [-0.4, -0.2) is 30.6 Å². The van der Waals surface area contributed by atoms with Crippen molar-refractivity contribution < 1.29 is 9.53 Å². The number of aromatic nitrogens is 1. The molecule has 1 atom stereocenters. The molecule has 0 aliphatic carbocycles. The minimum absolute atomic E-state index is 0.149. The Morgan fingerprint density at radius 1 is 1.62 bits per heavy atom. The molecule has 0 saturated heterocycles. The molecule has 1 rings (SSSR count). The number of ether oxygens (including phenoxy) is 1. The molecule has 0 radical (unpaired) electrons. The van der Waals surface area contributed by atoms with Crippen molar-refractivity contribution in [1.82, 2.24) is 4.98 Å². The number of nitrogens with two attached hydrogens (primary N) is 1. The number of rotatable bonds is 4. The van der Waals surface area contributed by atoms with Gasteiger partial charge in [-0.2, -0.15) is 0 Å². The molecule has 1 aromatic rings. The smallest absolute Gasteiger partial charge is 0.339 e. The first kappa shape index (κ1) is 12.4. The molecule has 0 amide bonds. The van der Waals surface area contributed by atoms with Gasteiger partial charge in [0.1, 0.15) is 5.82 Å². The fraction of sp³-hybridized carbons (Fsp3) is 0.455. The van der Waals surface area contributed by atoms with Crippen molar-refractivity contribution in [2.24, 2.45) is 5.73 Å². The van der Waals surface area contributed by atoms with Crippen molar-refractivity contribution in [2.75, 3.05) is 19.0 Å². The maximum Gasteiger partial charge on any atom is 0.339 e. The van der Waals surface area contributed by atoms with Crippen LogP contribution in [0.1, 0.15) is 23.0 Å². The van der Waals surface area contributed by atoms with E-state index >= 15 is 0 Å². The van der Waals surface area contributed by atoms with Crippen LogP contribution in [0.4, 0.5) is 5.82 Å². The summed E-state index contributed by atoms with van der Waals surface area (Å²) in [4.78, 5) is 15.6. The van der Waals surface area contributed by atoms with Gasteiger partial charge in [0, 0.05) is 12.6 Å². The van der Waals surface area contributed by atoms with Crippen molar-refractivity contribution in [3.63, 3.8) is 0 Å². The highest BCUT2D eigenvalue weighted by Crippen LogP contribution is 2.12. The highest BCUT2D eigenvalue weighted by atomic mass is 16.5. The molecule has 88 valence electrons. The maximum absolute atomic E-state index is 11.3. The van der Waals surface area contributed by atoms with E-state index in [1.165, 1.54) is 7.11 Å². The summed E-state index contributed by atoms with van der Waals surface area (Å²) < 4.78 is 4.64. The Labute approximate surface area is 95.0 Å². The zero-order chi connectivity index (χ0) is 12.1. The van der Waals surface area contributed by atoms with Crippen LogP contribution in [0.2, 0.25) is 0 Å². The second kappa shape index (κ2) is 5.46. The molecule has 1 aromatic heterocycles. The van der Waals surface area contributed by atoms with E-state index < -0.39 is 0 Å². The highest BCUT2D eigenvalue weighted by molar-refractivity contribution is 5.90. The van der Waals surface area contributed by atoms with Gasteiger partial charge in [-0.25, -0.2) is 9.78 Å². The molecule has 16 heavy (non-hydrogen) atoms. The Bertz CT molecular complexity index is 379. The molecule has 0 aliphatic rings. The maximum atomic E-state index is 11.3. The molecule has 1 unspecified atom stereocenters. The summed E-state index contributed by atoms with van der Waals surface area (Å²) in [7, 11) is 1.35. The van der Waals surface area contributed by atoms with E-state index in [0.29, 0.717) is 23.6 Å². The van der Waals surface area contributed by atoms with E-state index in [0.717, 1.165) is 0 Å². The van der Waals surface area contributed by atoms with Crippen LogP contribution >= 0.6 is 0 Å².